The molecule has 2 aromatic rings. The lowest BCUT2D eigenvalue weighted by atomic mass is 9.76. The number of nitrogens with two attached hydrogens (primary N) is 1. The van der Waals surface area contributed by atoms with Crippen LogP contribution in [0.4, 0.5) is 13.2 Å². The van der Waals surface area contributed by atoms with Crippen molar-refractivity contribution in [2.75, 3.05) is 0 Å². The normalized spacial score (nSPS) is 23.5. The van der Waals surface area contributed by atoms with Crippen LogP contribution in [0.5, 0.6) is 0 Å². The summed E-state index contributed by atoms with van der Waals surface area (Å²) in [6.45, 7) is 3.51. The predicted octanol–water partition coefficient (Wildman–Crippen LogP) is 5.77. The minimum Gasteiger partial charge on any atom is -0.453 e. The van der Waals surface area contributed by atoms with Gasteiger partial charge in [-0.25, -0.2) is 9.38 Å². The van der Waals surface area contributed by atoms with Crippen LogP contribution in [0.3, 0.4) is 0 Å². The summed E-state index contributed by atoms with van der Waals surface area (Å²) in [7, 11) is 0. The number of hydrogen-bond acceptors (Lipinski definition) is 3. The number of aliphatic imine (C=N–C) groups is 1. The van der Waals surface area contributed by atoms with E-state index in [1.807, 2.05) is 0 Å². The van der Waals surface area contributed by atoms with Crippen LogP contribution in [0, 0.1) is 5.82 Å². The van der Waals surface area contributed by atoms with Gasteiger partial charge in [0, 0.05) is 15.6 Å². The summed E-state index contributed by atoms with van der Waals surface area (Å²) in [5, 5.41) is 0.740. The Balaban J connectivity index is 2.23. The molecular weight excluding hydrogens is 400 g/mol. The molecule has 1 atom stereocenters. The molecule has 3 rings (SSSR count). The van der Waals surface area contributed by atoms with Gasteiger partial charge in [-0.15, -0.1) is 0 Å². The summed E-state index contributed by atoms with van der Waals surface area (Å²) in [5.41, 5.74) is 2.10. The summed E-state index contributed by atoms with van der Waals surface area (Å²) < 4.78 is 50.1. The molecule has 1 aliphatic rings. The monoisotopic (exact) mass is 416 g/mol. The number of hydrogen-bond donors (Lipinski definition) is 1. The number of halogens is 5. The Morgan fingerprint density at radius 3 is 2.15 bits per heavy atom. The fourth-order valence-corrected chi connectivity index (χ4v) is 3.78. The van der Waals surface area contributed by atoms with Crippen LogP contribution in [0.15, 0.2) is 41.4 Å². The van der Waals surface area contributed by atoms with Crippen molar-refractivity contribution in [2.45, 2.75) is 37.8 Å². The molecule has 1 heterocycles. The fourth-order valence-electron chi connectivity index (χ4n) is 3.25. The molecule has 27 heavy (non-hydrogen) atoms. The summed E-state index contributed by atoms with van der Waals surface area (Å²) in [6.07, 6.45) is 0. The largest absolute Gasteiger partial charge is 0.453 e. The zero-order valence-corrected chi connectivity index (χ0v) is 16.3. The van der Waals surface area contributed by atoms with Crippen molar-refractivity contribution >= 4 is 29.2 Å². The topological polar surface area (TPSA) is 47.6 Å². The zero-order chi connectivity index (χ0) is 20.2. The lowest BCUT2D eigenvalue weighted by Gasteiger charge is -2.46. The van der Waals surface area contributed by atoms with Crippen molar-refractivity contribution in [1.29, 1.82) is 0 Å². The molecule has 0 spiro atoms. The second kappa shape index (κ2) is 6.31. The van der Waals surface area contributed by atoms with Gasteiger partial charge in [0.2, 0.25) is 0 Å². The molecular formula is C19H17Cl2F3N2O. The van der Waals surface area contributed by atoms with E-state index in [1.54, 1.807) is 18.2 Å². The average molecular weight is 417 g/mol. The highest BCUT2D eigenvalue weighted by molar-refractivity contribution is 6.35. The molecule has 2 aromatic carbocycles. The smallest absolute Gasteiger partial charge is 0.315 e. The van der Waals surface area contributed by atoms with E-state index in [9.17, 15) is 4.39 Å². The summed E-state index contributed by atoms with van der Waals surface area (Å²) in [4.78, 5) is 3.79. The Bertz CT molecular complexity index is 926. The number of ether oxygens (including phenoxy) is 1. The fraction of sp³-hybridized carbons (Fsp3) is 0.316. The number of rotatable bonds is 2. The van der Waals surface area contributed by atoms with Crippen LogP contribution in [0.25, 0.3) is 11.1 Å². The highest BCUT2D eigenvalue weighted by Gasteiger charge is 2.66. The van der Waals surface area contributed by atoms with Crippen molar-refractivity contribution in [1.82, 2.24) is 0 Å². The van der Waals surface area contributed by atoms with Gasteiger partial charge in [-0.2, -0.15) is 8.78 Å². The zero-order valence-electron chi connectivity index (χ0n) is 14.8. The van der Waals surface area contributed by atoms with Gasteiger partial charge < -0.3 is 10.5 Å². The van der Waals surface area contributed by atoms with Crippen molar-refractivity contribution in [3.63, 3.8) is 0 Å². The molecule has 3 nitrogen and oxygen atoms in total. The SMILES string of the molecule is CC1(C)OC(N)=N[C@](C)(c2cc(-c3cc(Cl)cc(Cl)c3)ccc2F)C1(F)F. The molecule has 0 aliphatic carbocycles. The molecule has 2 N–H and O–H groups in total. The first-order valence-corrected chi connectivity index (χ1v) is 8.82. The van der Waals surface area contributed by atoms with Crippen LogP contribution in [0.1, 0.15) is 26.3 Å². The predicted molar refractivity (Wildman–Crippen MR) is 101 cm³/mol. The molecule has 8 heteroatoms. The third-order valence-electron chi connectivity index (χ3n) is 4.75. The number of amidine groups is 1. The van der Waals surface area contributed by atoms with E-state index < -0.39 is 28.9 Å². The molecule has 144 valence electrons. The van der Waals surface area contributed by atoms with Crippen molar-refractivity contribution in [2.24, 2.45) is 10.7 Å². The molecule has 0 fully saturated rings. The van der Waals surface area contributed by atoms with Gasteiger partial charge in [0.1, 0.15) is 5.82 Å². The summed E-state index contributed by atoms with van der Waals surface area (Å²) in [5.74, 6) is -4.38. The Morgan fingerprint density at radius 2 is 1.56 bits per heavy atom. The quantitative estimate of drug-likeness (QED) is 0.674. The van der Waals surface area contributed by atoms with E-state index in [1.165, 1.54) is 26.0 Å². The van der Waals surface area contributed by atoms with Crippen molar-refractivity contribution in [3.8, 4) is 11.1 Å². The van der Waals surface area contributed by atoms with Gasteiger partial charge in [0.25, 0.3) is 6.02 Å². The highest BCUT2D eigenvalue weighted by Crippen LogP contribution is 2.52. The minimum absolute atomic E-state index is 0.305. The van der Waals surface area contributed by atoms with Gasteiger partial charge in [-0.3, -0.25) is 0 Å². The molecule has 1 aliphatic heterocycles. The Morgan fingerprint density at radius 1 is 0.963 bits per heavy atom. The standard InChI is InChI=1S/C19H17Cl2F3N2O/c1-17(2)19(23,24)18(3,26-16(25)27-17)14-8-10(4-5-15(14)22)11-6-12(20)9-13(21)7-11/h4-9H,1-3H3,(H2,25,26)/t18-/m1/s1. The van der Waals surface area contributed by atoms with Crippen LogP contribution in [-0.4, -0.2) is 17.5 Å². The number of nitrogens with zero attached hydrogens (tertiary/aromatic N) is 1. The lowest BCUT2D eigenvalue weighted by Crippen LogP contribution is -2.62. The molecule has 0 radical (unpaired) electrons. The van der Waals surface area contributed by atoms with Crippen molar-refractivity contribution < 1.29 is 17.9 Å². The van der Waals surface area contributed by atoms with Gasteiger partial charge >= 0.3 is 5.92 Å². The van der Waals surface area contributed by atoms with Gasteiger partial charge in [-0.05, 0) is 62.2 Å². The van der Waals surface area contributed by atoms with Crippen molar-refractivity contribution in [3.05, 3.63) is 57.8 Å². The highest BCUT2D eigenvalue weighted by atomic mass is 35.5. The van der Waals surface area contributed by atoms with Crippen LogP contribution in [-0.2, 0) is 10.3 Å². The Hall–Kier alpha value is -1.92. The average Bonchev–Trinajstić information content (AvgIpc) is 2.52. The first-order chi connectivity index (χ1) is 12.4. The summed E-state index contributed by atoms with van der Waals surface area (Å²) >= 11 is 12.0. The Kier molecular flexibility index (Phi) is 4.64. The maximum atomic E-state index is 15.2. The second-order valence-corrected chi connectivity index (χ2v) is 7.93. The third kappa shape index (κ3) is 3.15. The molecule has 0 amide bonds. The minimum atomic E-state index is -3.55. The van der Waals surface area contributed by atoms with Gasteiger partial charge in [0.05, 0.1) is 0 Å². The molecule has 0 saturated carbocycles. The van der Waals surface area contributed by atoms with E-state index in [0.717, 1.165) is 13.0 Å². The van der Waals surface area contributed by atoms with E-state index in [0.29, 0.717) is 21.2 Å². The Labute approximate surface area is 164 Å². The van der Waals surface area contributed by atoms with E-state index in [-0.39, 0.29) is 5.56 Å². The molecule has 0 unspecified atom stereocenters. The maximum Gasteiger partial charge on any atom is 0.315 e. The first kappa shape index (κ1) is 19.8. The number of alkyl halides is 2. The van der Waals surface area contributed by atoms with E-state index in [4.69, 9.17) is 33.7 Å². The lowest BCUT2D eigenvalue weighted by molar-refractivity contribution is -0.207. The van der Waals surface area contributed by atoms with E-state index >= 15 is 8.78 Å². The van der Waals surface area contributed by atoms with Crippen LogP contribution in [0.2, 0.25) is 10.0 Å². The van der Waals surface area contributed by atoms with Crippen LogP contribution >= 0.6 is 23.2 Å². The number of benzene rings is 2. The third-order valence-corrected chi connectivity index (χ3v) is 5.18. The molecule has 0 saturated heterocycles. The van der Waals surface area contributed by atoms with Crippen LogP contribution < -0.4 is 5.73 Å². The maximum absolute atomic E-state index is 15.2. The molecule has 0 bridgehead atoms. The molecule has 0 aromatic heterocycles. The summed E-state index contributed by atoms with van der Waals surface area (Å²) in [6, 6.07) is 8.20. The first-order valence-electron chi connectivity index (χ1n) is 8.06. The van der Waals surface area contributed by atoms with Gasteiger partial charge in [-0.1, -0.05) is 29.3 Å². The van der Waals surface area contributed by atoms with Gasteiger partial charge in [0.15, 0.2) is 11.1 Å². The second-order valence-electron chi connectivity index (χ2n) is 7.06. The van der Waals surface area contributed by atoms with E-state index in [2.05, 4.69) is 4.99 Å².